The van der Waals surface area contributed by atoms with Crippen molar-refractivity contribution >= 4 is 5.91 Å². The van der Waals surface area contributed by atoms with Crippen molar-refractivity contribution in [2.75, 3.05) is 13.2 Å². The second-order valence-corrected chi connectivity index (χ2v) is 12.4. The predicted molar refractivity (Wildman–Crippen MR) is 126 cm³/mol. The number of allylic oxidation sites excluding steroid dienone is 1. The van der Waals surface area contributed by atoms with E-state index in [1.165, 1.54) is 38.5 Å². The van der Waals surface area contributed by atoms with E-state index in [4.69, 9.17) is 4.84 Å². The molecule has 4 heteroatoms. The van der Waals surface area contributed by atoms with E-state index >= 15 is 0 Å². The highest BCUT2D eigenvalue weighted by Crippen LogP contribution is 2.67. The van der Waals surface area contributed by atoms with Gasteiger partial charge in [-0.2, -0.15) is 0 Å². The van der Waals surface area contributed by atoms with Crippen LogP contribution in [0.25, 0.3) is 0 Å². The number of carbonyl (C=O) groups is 1. The number of hydroxylamine groups is 2. The Morgan fingerprint density at radius 1 is 1.19 bits per heavy atom. The SMILES string of the molecule is C[C@H](CCC(=O)N1CCCCO1)[C@H]1CC[C@H]2[C@@H]3CC=C4C[C@@H](O)CC[C@]4(C)[C@H]3CC[C@]12C. The van der Waals surface area contributed by atoms with E-state index in [1.807, 2.05) is 0 Å². The second kappa shape index (κ2) is 8.73. The van der Waals surface area contributed by atoms with Crippen molar-refractivity contribution < 1.29 is 14.7 Å². The van der Waals surface area contributed by atoms with Gasteiger partial charge in [0.1, 0.15) is 0 Å². The minimum atomic E-state index is -0.116. The first kappa shape index (κ1) is 22.9. The van der Waals surface area contributed by atoms with Crippen LogP contribution in [0.5, 0.6) is 0 Å². The molecule has 1 aliphatic heterocycles. The lowest BCUT2D eigenvalue weighted by molar-refractivity contribution is -0.197. The van der Waals surface area contributed by atoms with Crippen molar-refractivity contribution in [2.45, 2.75) is 104 Å². The molecule has 3 saturated carbocycles. The Bertz CT molecular complexity index is 743. The van der Waals surface area contributed by atoms with Crippen LogP contribution in [-0.4, -0.2) is 35.3 Å². The van der Waals surface area contributed by atoms with Gasteiger partial charge in [-0.05, 0) is 111 Å². The Balaban J connectivity index is 1.25. The fraction of sp³-hybridized carbons (Fsp3) is 0.893. The van der Waals surface area contributed by atoms with E-state index in [-0.39, 0.29) is 12.0 Å². The number of carbonyl (C=O) groups excluding carboxylic acids is 1. The lowest BCUT2D eigenvalue weighted by Crippen LogP contribution is -2.50. The summed E-state index contributed by atoms with van der Waals surface area (Å²) in [5, 5.41) is 11.9. The number of aliphatic hydroxyl groups excluding tert-OH is 1. The molecule has 32 heavy (non-hydrogen) atoms. The van der Waals surface area contributed by atoms with Crippen molar-refractivity contribution in [1.82, 2.24) is 5.06 Å². The zero-order valence-electron chi connectivity index (χ0n) is 20.7. The van der Waals surface area contributed by atoms with E-state index < -0.39 is 0 Å². The Morgan fingerprint density at radius 2 is 2.03 bits per heavy atom. The quantitative estimate of drug-likeness (QED) is 0.551. The van der Waals surface area contributed by atoms with Gasteiger partial charge in [0.2, 0.25) is 5.91 Å². The Morgan fingerprint density at radius 3 is 2.81 bits per heavy atom. The maximum atomic E-state index is 12.6. The average Bonchev–Trinajstić information content (AvgIpc) is 3.15. The number of hydrogen-bond donors (Lipinski definition) is 1. The highest BCUT2D eigenvalue weighted by Gasteiger charge is 2.59. The highest BCUT2D eigenvalue weighted by atomic mass is 16.7. The average molecular weight is 444 g/mol. The van der Waals surface area contributed by atoms with Gasteiger partial charge in [0.15, 0.2) is 0 Å². The van der Waals surface area contributed by atoms with Crippen LogP contribution in [0.2, 0.25) is 0 Å². The number of aliphatic hydroxyl groups is 1. The second-order valence-electron chi connectivity index (χ2n) is 12.4. The summed E-state index contributed by atoms with van der Waals surface area (Å²) in [7, 11) is 0. The van der Waals surface area contributed by atoms with Gasteiger partial charge >= 0.3 is 0 Å². The van der Waals surface area contributed by atoms with Crippen LogP contribution in [0.15, 0.2) is 11.6 Å². The van der Waals surface area contributed by atoms with Crippen molar-refractivity contribution in [3.8, 4) is 0 Å². The Hall–Kier alpha value is -0.870. The van der Waals surface area contributed by atoms with Crippen LogP contribution in [0.3, 0.4) is 0 Å². The maximum Gasteiger partial charge on any atom is 0.246 e. The minimum absolute atomic E-state index is 0.116. The lowest BCUT2D eigenvalue weighted by atomic mass is 9.47. The first-order valence-electron chi connectivity index (χ1n) is 13.6. The molecule has 1 N–H and O–H groups in total. The molecule has 0 aromatic rings. The van der Waals surface area contributed by atoms with E-state index in [1.54, 1.807) is 10.6 Å². The molecule has 0 aromatic carbocycles. The van der Waals surface area contributed by atoms with E-state index in [0.29, 0.717) is 29.8 Å². The van der Waals surface area contributed by atoms with Gasteiger partial charge < -0.3 is 5.11 Å². The molecule has 5 rings (SSSR count). The highest BCUT2D eigenvalue weighted by molar-refractivity contribution is 5.75. The molecule has 5 aliphatic rings. The number of hydrogen-bond acceptors (Lipinski definition) is 3. The first-order chi connectivity index (χ1) is 15.3. The van der Waals surface area contributed by atoms with Gasteiger partial charge in [0, 0.05) is 13.0 Å². The fourth-order valence-corrected chi connectivity index (χ4v) is 9.09. The molecule has 1 heterocycles. The topological polar surface area (TPSA) is 49.8 Å². The summed E-state index contributed by atoms with van der Waals surface area (Å²) in [5.41, 5.74) is 2.33. The monoisotopic (exact) mass is 443 g/mol. The van der Waals surface area contributed by atoms with Crippen LogP contribution in [0, 0.1) is 40.4 Å². The summed E-state index contributed by atoms with van der Waals surface area (Å²) in [6, 6.07) is 0. The van der Waals surface area contributed by atoms with E-state index in [9.17, 15) is 9.90 Å². The van der Waals surface area contributed by atoms with E-state index in [2.05, 4.69) is 26.8 Å². The fourth-order valence-electron chi connectivity index (χ4n) is 9.09. The van der Waals surface area contributed by atoms with Crippen LogP contribution in [0.4, 0.5) is 0 Å². The van der Waals surface area contributed by atoms with Gasteiger partial charge in [-0.1, -0.05) is 32.4 Å². The van der Waals surface area contributed by atoms with Crippen LogP contribution < -0.4 is 0 Å². The molecule has 0 radical (unpaired) electrons. The molecule has 0 spiro atoms. The smallest absolute Gasteiger partial charge is 0.246 e. The third-order valence-corrected chi connectivity index (χ3v) is 10.9. The molecule has 0 unspecified atom stereocenters. The summed E-state index contributed by atoms with van der Waals surface area (Å²) >= 11 is 0. The number of nitrogens with zero attached hydrogens (tertiary/aromatic N) is 1. The molecule has 8 atom stereocenters. The zero-order chi connectivity index (χ0) is 22.5. The van der Waals surface area contributed by atoms with Crippen molar-refractivity contribution in [1.29, 1.82) is 0 Å². The first-order valence-corrected chi connectivity index (χ1v) is 13.6. The minimum Gasteiger partial charge on any atom is -0.393 e. The maximum absolute atomic E-state index is 12.6. The molecule has 1 saturated heterocycles. The van der Waals surface area contributed by atoms with Gasteiger partial charge in [0.05, 0.1) is 12.7 Å². The van der Waals surface area contributed by atoms with Gasteiger partial charge in [0.25, 0.3) is 0 Å². The number of fused-ring (bicyclic) bond motifs is 5. The van der Waals surface area contributed by atoms with Crippen molar-refractivity contribution in [3.05, 3.63) is 11.6 Å². The molecular weight excluding hydrogens is 398 g/mol. The van der Waals surface area contributed by atoms with Gasteiger partial charge in [-0.25, -0.2) is 5.06 Å². The molecule has 0 aromatic heterocycles. The van der Waals surface area contributed by atoms with Crippen LogP contribution in [-0.2, 0) is 9.63 Å². The third-order valence-electron chi connectivity index (χ3n) is 10.9. The summed E-state index contributed by atoms with van der Waals surface area (Å²) in [4.78, 5) is 18.2. The van der Waals surface area contributed by atoms with Crippen LogP contribution in [0.1, 0.15) is 97.8 Å². The summed E-state index contributed by atoms with van der Waals surface area (Å²) in [5.74, 6) is 3.99. The molecule has 1 amide bonds. The van der Waals surface area contributed by atoms with Crippen molar-refractivity contribution in [2.24, 2.45) is 40.4 Å². The number of rotatable bonds is 4. The third kappa shape index (κ3) is 3.78. The zero-order valence-corrected chi connectivity index (χ0v) is 20.7. The number of amides is 1. The Kier molecular flexibility index (Phi) is 6.24. The predicted octanol–water partition coefficient (Wildman–Crippen LogP) is 5.90. The summed E-state index contributed by atoms with van der Waals surface area (Å²) in [6.07, 6.45) is 15.9. The van der Waals surface area contributed by atoms with Crippen molar-refractivity contribution in [3.63, 3.8) is 0 Å². The molecule has 4 fully saturated rings. The van der Waals surface area contributed by atoms with Gasteiger partial charge in [-0.3, -0.25) is 9.63 Å². The summed E-state index contributed by atoms with van der Waals surface area (Å²) < 4.78 is 0. The molecule has 180 valence electrons. The molecular formula is C28H45NO3. The molecule has 0 bridgehead atoms. The van der Waals surface area contributed by atoms with E-state index in [0.717, 1.165) is 62.3 Å². The van der Waals surface area contributed by atoms with Crippen LogP contribution >= 0.6 is 0 Å². The lowest BCUT2D eigenvalue weighted by Gasteiger charge is -2.58. The van der Waals surface area contributed by atoms with Gasteiger partial charge in [-0.15, -0.1) is 0 Å². The largest absolute Gasteiger partial charge is 0.393 e. The summed E-state index contributed by atoms with van der Waals surface area (Å²) in [6.45, 7) is 9.00. The normalized spacial score (nSPS) is 44.8. The molecule has 4 aliphatic carbocycles. The molecule has 4 nitrogen and oxygen atoms in total. The standard InChI is InChI=1S/C28H45NO3/c1-19(6-11-26(31)29-16-4-5-17-32-29)23-9-10-24-22-8-7-20-18-21(30)12-14-27(20,2)25(22)13-15-28(23,24)3/h7,19,21-25,30H,4-6,8-18H2,1-3H3/t19-,21+,22+,23-,24+,25+,27+,28-/m1/s1. The Labute approximate surface area is 195 Å².